The first-order valence-corrected chi connectivity index (χ1v) is 7.55. The largest absolute Gasteiger partial charge is 0.493 e. The zero-order valence-corrected chi connectivity index (χ0v) is 14.6. The van der Waals surface area contributed by atoms with Crippen LogP contribution in [0.2, 0.25) is 0 Å². The predicted molar refractivity (Wildman–Crippen MR) is 91.1 cm³/mol. The van der Waals surface area contributed by atoms with Crippen molar-refractivity contribution >= 4 is 27.5 Å². The van der Waals surface area contributed by atoms with Crippen molar-refractivity contribution in [3.8, 4) is 11.5 Å². The first-order valence-electron chi connectivity index (χ1n) is 6.76. The zero-order valence-electron chi connectivity index (χ0n) is 13.0. The Morgan fingerprint density at radius 1 is 1.09 bits per heavy atom. The minimum atomic E-state index is -0.199. The number of rotatable bonds is 4. The molecule has 0 fully saturated rings. The van der Waals surface area contributed by atoms with Gasteiger partial charge in [-0.3, -0.25) is 4.79 Å². The Kier molecular flexibility index (Phi) is 5.08. The molecule has 116 valence electrons. The Bertz CT molecular complexity index is 713. The van der Waals surface area contributed by atoms with E-state index in [2.05, 4.69) is 21.2 Å². The third-order valence-electron chi connectivity index (χ3n) is 3.34. The minimum absolute atomic E-state index is 0.199. The number of anilines is 1. The van der Waals surface area contributed by atoms with Crippen LogP contribution in [-0.2, 0) is 0 Å². The smallest absolute Gasteiger partial charge is 0.255 e. The molecular weight excluding hydrogens is 346 g/mol. The number of carbonyl (C=O) groups is 1. The molecule has 0 unspecified atom stereocenters. The highest BCUT2D eigenvalue weighted by atomic mass is 79.9. The number of halogens is 1. The van der Waals surface area contributed by atoms with E-state index in [1.54, 1.807) is 19.2 Å². The first kappa shape index (κ1) is 16.4. The second-order valence-corrected chi connectivity index (χ2v) is 5.82. The van der Waals surface area contributed by atoms with Gasteiger partial charge in [0.25, 0.3) is 5.91 Å². The van der Waals surface area contributed by atoms with Crippen molar-refractivity contribution in [1.82, 2.24) is 0 Å². The van der Waals surface area contributed by atoms with Gasteiger partial charge >= 0.3 is 0 Å². The van der Waals surface area contributed by atoms with Crippen LogP contribution in [0.15, 0.2) is 34.8 Å². The maximum atomic E-state index is 12.5. The lowest BCUT2D eigenvalue weighted by Gasteiger charge is -2.13. The van der Waals surface area contributed by atoms with Crippen molar-refractivity contribution < 1.29 is 14.3 Å². The minimum Gasteiger partial charge on any atom is -0.493 e. The molecule has 0 heterocycles. The van der Waals surface area contributed by atoms with Gasteiger partial charge in [-0.2, -0.15) is 0 Å². The highest BCUT2D eigenvalue weighted by Crippen LogP contribution is 2.36. The summed E-state index contributed by atoms with van der Waals surface area (Å²) in [5.74, 6) is 0.865. The van der Waals surface area contributed by atoms with Crippen molar-refractivity contribution in [2.75, 3.05) is 19.5 Å². The molecule has 2 aromatic rings. The molecule has 0 saturated heterocycles. The number of amides is 1. The summed E-state index contributed by atoms with van der Waals surface area (Å²) in [5.41, 5.74) is 3.40. The monoisotopic (exact) mass is 363 g/mol. The van der Waals surface area contributed by atoms with Crippen molar-refractivity contribution in [3.63, 3.8) is 0 Å². The summed E-state index contributed by atoms with van der Waals surface area (Å²) in [4.78, 5) is 12.5. The second-order valence-electron chi connectivity index (χ2n) is 4.97. The number of nitrogens with one attached hydrogen (secondary N) is 1. The fraction of sp³-hybridized carbons (Fsp3) is 0.235. The van der Waals surface area contributed by atoms with Crippen molar-refractivity contribution in [3.05, 3.63) is 51.5 Å². The summed E-state index contributed by atoms with van der Waals surface area (Å²) in [7, 11) is 3.09. The van der Waals surface area contributed by atoms with Gasteiger partial charge in [0.15, 0.2) is 11.5 Å². The molecule has 0 aliphatic heterocycles. The Morgan fingerprint density at radius 3 is 2.45 bits per heavy atom. The lowest BCUT2D eigenvalue weighted by Crippen LogP contribution is -2.13. The average molecular weight is 364 g/mol. The summed E-state index contributed by atoms with van der Waals surface area (Å²) >= 11 is 3.39. The number of carbonyl (C=O) groups excluding carboxylic acids is 1. The number of aryl methyl sites for hydroxylation is 2. The summed E-state index contributed by atoms with van der Waals surface area (Å²) in [6.45, 7) is 3.95. The summed E-state index contributed by atoms with van der Waals surface area (Å²) in [5, 5.41) is 2.93. The molecule has 5 heteroatoms. The van der Waals surface area contributed by atoms with Crippen molar-refractivity contribution in [1.29, 1.82) is 0 Å². The van der Waals surface area contributed by atoms with E-state index in [0.717, 1.165) is 16.8 Å². The SMILES string of the molecule is COc1cc(C(=O)Nc2cc(C)ccc2C)cc(Br)c1OC. The van der Waals surface area contributed by atoms with E-state index >= 15 is 0 Å². The molecule has 0 radical (unpaired) electrons. The van der Waals surface area contributed by atoms with Crippen molar-refractivity contribution in [2.45, 2.75) is 13.8 Å². The molecule has 4 nitrogen and oxygen atoms in total. The molecular formula is C17H18BrNO3. The van der Waals surface area contributed by atoms with Crippen LogP contribution in [0.25, 0.3) is 0 Å². The van der Waals surface area contributed by atoms with Gasteiger partial charge in [-0.25, -0.2) is 0 Å². The molecule has 0 aliphatic carbocycles. The molecule has 0 aromatic heterocycles. The van der Waals surface area contributed by atoms with Gasteiger partial charge in [-0.05, 0) is 59.1 Å². The van der Waals surface area contributed by atoms with Crippen LogP contribution in [0.3, 0.4) is 0 Å². The number of methoxy groups -OCH3 is 2. The molecule has 2 aromatic carbocycles. The van der Waals surface area contributed by atoms with Crippen LogP contribution in [0.4, 0.5) is 5.69 Å². The predicted octanol–water partition coefficient (Wildman–Crippen LogP) is 4.34. The fourth-order valence-electron chi connectivity index (χ4n) is 2.11. The van der Waals surface area contributed by atoms with Crippen LogP contribution in [0.5, 0.6) is 11.5 Å². The van der Waals surface area contributed by atoms with Gasteiger partial charge in [0, 0.05) is 11.3 Å². The average Bonchev–Trinajstić information content (AvgIpc) is 2.49. The van der Waals surface area contributed by atoms with Gasteiger partial charge < -0.3 is 14.8 Å². The second kappa shape index (κ2) is 6.83. The number of hydrogen-bond acceptors (Lipinski definition) is 3. The third-order valence-corrected chi connectivity index (χ3v) is 3.93. The topological polar surface area (TPSA) is 47.6 Å². The van der Waals surface area contributed by atoms with Crippen molar-refractivity contribution in [2.24, 2.45) is 0 Å². The quantitative estimate of drug-likeness (QED) is 0.878. The molecule has 22 heavy (non-hydrogen) atoms. The Balaban J connectivity index is 2.34. The van der Waals surface area contributed by atoms with E-state index in [-0.39, 0.29) is 5.91 Å². The summed E-state index contributed by atoms with van der Waals surface area (Å²) in [6.07, 6.45) is 0. The standard InChI is InChI=1S/C17H18BrNO3/c1-10-5-6-11(2)14(7-10)19-17(20)12-8-13(18)16(22-4)15(9-12)21-3/h5-9H,1-4H3,(H,19,20). The number of hydrogen-bond donors (Lipinski definition) is 1. The normalized spacial score (nSPS) is 10.2. The van der Waals surface area contributed by atoms with E-state index in [0.29, 0.717) is 21.5 Å². The summed E-state index contributed by atoms with van der Waals surface area (Å²) < 4.78 is 11.2. The van der Waals surface area contributed by atoms with Crippen LogP contribution in [0.1, 0.15) is 21.5 Å². The molecule has 0 spiro atoms. The molecule has 1 N–H and O–H groups in total. The first-order chi connectivity index (χ1) is 10.5. The molecule has 0 aliphatic rings. The highest BCUT2D eigenvalue weighted by molar-refractivity contribution is 9.10. The molecule has 0 bridgehead atoms. The Hall–Kier alpha value is -2.01. The van der Waals surface area contributed by atoms with Gasteiger partial charge in [-0.1, -0.05) is 12.1 Å². The van der Waals surface area contributed by atoms with E-state index in [1.165, 1.54) is 7.11 Å². The molecule has 0 saturated carbocycles. The third kappa shape index (κ3) is 3.42. The molecule has 1 amide bonds. The van der Waals surface area contributed by atoms with E-state index in [9.17, 15) is 4.79 Å². The maximum absolute atomic E-state index is 12.5. The van der Waals surface area contributed by atoms with E-state index in [1.807, 2.05) is 32.0 Å². The van der Waals surface area contributed by atoms with Crippen LogP contribution in [-0.4, -0.2) is 20.1 Å². The molecule has 0 atom stereocenters. The van der Waals surface area contributed by atoms with Gasteiger partial charge in [0.05, 0.1) is 18.7 Å². The van der Waals surface area contributed by atoms with E-state index in [4.69, 9.17) is 9.47 Å². The Morgan fingerprint density at radius 2 is 1.82 bits per heavy atom. The Labute approximate surface area is 138 Å². The maximum Gasteiger partial charge on any atom is 0.255 e. The highest BCUT2D eigenvalue weighted by Gasteiger charge is 2.15. The number of benzene rings is 2. The van der Waals surface area contributed by atoms with E-state index < -0.39 is 0 Å². The van der Waals surface area contributed by atoms with Crippen LogP contribution < -0.4 is 14.8 Å². The number of ether oxygens (including phenoxy) is 2. The fourth-order valence-corrected chi connectivity index (χ4v) is 2.72. The van der Waals surface area contributed by atoms with Crippen LogP contribution >= 0.6 is 15.9 Å². The summed E-state index contributed by atoms with van der Waals surface area (Å²) in [6, 6.07) is 9.31. The van der Waals surface area contributed by atoms with Crippen LogP contribution in [0, 0.1) is 13.8 Å². The van der Waals surface area contributed by atoms with Gasteiger partial charge in [0.2, 0.25) is 0 Å². The zero-order chi connectivity index (χ0) is 16.3. The lowest BCUT2D eigenvalue weighted by molar-refractivity contribution is 0.102. The lowest BCUT2D eigenvalue weighted by atomic mass is 10.1. The molecule has 2 rings (SSSR count). The van der Waals surface area contributed by atoms with Gasteiger partial charge in [-0.15, -0.1) is 0 Å². The van der Waals surface area contributed by atoms with Gasteiger partial charge in [0.1, 0.15) is 0 Å².